The number of hydrogen-bond acceptors (Lipinski definition) is 7. The molecule has 1 N–H and O–H groups in total. The van der Waals surface area contributed by atoms with Gasteiger partial charge in [0, 0.05) is 36.3 Å². The number of pyridine rings is 1. The fourth-order valence-electron chi connectivity index (χ4n) is 4.32. The Kier molecular flexibility index (Phi) is 5.97. The van der Waals surface area contributed by atoms with Gasteiger partial charge in [-0.15, -0.1) is 11.3 Å². The molecule has 3 aromatic rings. The first kappa shape index (κ1) is 21.4. The van der Waals surface area contributed by atoms with Gasteiger partial charge in [-0.3, -0.25) is 19.4 Å². The number of likely N-dealkylation sites (tertiary alicyclic amines) is 1. The molecule has 0 saturated carbocycles. The summed E-state index contributed by atoms with van der Waals surface area (Å²) < 4.78 is 5.52. The molecule has 5 rings (SSSR count). The van der Waals surface area contributed by atoms with Gasteiger partial charge in [0.05, 0.1) is 6.10 Å². The quantitative estimate of drug-likeness (QED) is 0.602. The number of nitrogens with one attached hydrogen (secondary N) is 1. The van der Waals surface area contributed by atoms with E-state index in [9.17, 15) is 14.4 Å². The molecule has 2 saturated heterocycles. The second kappa shape index (κ2) is 9.21. The number of benzene rings is 1. The molecule has 0 bridgehead atoms. The van der Waals surface area contributed by atoms with E-state index in [0.717, 1.165) is 16.1 Å². The number of carbonyl (C=O) groups excluding carboxylic acids is 3. The molecule has 2 fully saturated rings. The highest BCUT2D eigenvalue weighted by molar-refractivity contribution is 7.13. The lowest BCUT2D eigenvalue weighted by atomic mass is 10.0. The van der Waals surface area contributed by atoms with Gasteiger partial charge < -0.3 is 15.0 Å². The van der Waals surface area contributed by atoms with Crippen molar-refractivity contribution in [1.29, 1.82) is 0 Å². The van der Waals surface area contributed by atoms with E-state index in [2.05, 4.69) is 15.3 Å². The Balaban J connectivity index is 1.37. The standard InChI is InChI=1S/C24H22N4O4S/c29-19-13-32-20-8-11-28(21(19)20)24(31)17(12-15-6-9-25-10-7-15)26-22(30)18-14-33-23(27-18)16-4-2-1-3-5-16/h1-7,9-10,14,17,20-21H,8,11-13H2,(H,26,30). The van der Waals surface area contributed by atoms with Crippen molar-refractivity contribution in [2.75, 3.05) is 13.2 Å². The van der Waals surface area contributed by atoms with Crippen LogP contribution in [-0.2, 0) is 20.7 Å². The number of rotatable bonds is 6. The summed E-state index contributed by atoms with van der Waals surface area (Å²) >= 11 is 1.37. The van der Waals surface area contributed by atoms with Gasteiger partial charge in [-0.25, -0.2) is 4.98 Å². The Morgan fingerprint density at radius 2 is 1.97 bits per heavy atom. The molecule has 4 heterocycles. The van der Waals surface area contributed by atoms with E-state index in [-0.39, 0.29) is 36.5 Å². The van der Waals surface area contributed by atoms with Crippen molar-refractivity contribution in [3.8, 4) is 10.6 Å². The summed E-state index contributed by atoms with van der Waals surface area (Å²) in [7, 11) is 0. The van der Waals surface area contributed by atoms with Crippen LogP contribution in [0.15, 0.2) is 60.2 Å². The van der Waals surface area contributed by atoms with E-state index >= 15 is 0 Å². The number of thiazole rings is 1. The molecular weight excluding hydrogens is 440 g/mol. The maximum atomic E-state index is 13.5. The minimum absolute atomic E-state index is 0.0293. The van der Waals surface area contributed by atoms with Crippen LogP contribution in [0.25, 0.3) is 10.6 Å². The monoisotopic (exact) mass is 462 g/mol. The van der Waals surface area contributed by atoms with Crippen LogP contribution in [0.1, 0.15) is 22.5 Å². The van der Waals surface area contributed by atoms with Gasteiger partial charge in [0.1, 0.15) is 29.4 Å². The topological polar surface area (TPSA) is 101 Å². The van der Waals surface area contributed by atoms with Crippen molar-refractivity contribution in [3.63, 3.8) is 0 Å². The number of Topliss-reactive ketones (excluding diaryl/α,β-unsaturated/α-hetero) is 1. The normalized spacial score (nSPS) is 20.5. The highest BCUT2D eigenvalue weighted by Gasteiger charge is 2.48. The Hall–Kier alpha value is -3.43. The molecule has 168 valence electrons. The number of hydrogen-bond donors (Lipinski definition) is 1. The maximum Gasteiger partial charge on any atom is 0.271 e. The molecular formula is C24H22N4O4S. The van der Waals surface area contributed by atoms with Crippen molar-refractivity contribution < 1.29 is 19.1 Å². The first-order chi connectivity index (χ1) is 16.1. The third kappa shape index (κ3) is 4.42. The van der Waals surface area contributed by atoms with Gasteiger partial charge in [0.15, 0.2) is 5.78 Å². The van der Waals surface area contributed by atoms with Gasteiger partial charge in [-0.2, -0.15) is 0 Å². The van der Waals surface area contributed by atoms with Crippen LogP contribution in [0.5, 0.6) is 0 Å². The van der Waals surface area contributed by atoms with Crippen LogP contribution in [-0.4, -0.2) is 63.8 Å². The second-order valence-corrected chi connectivity index (χ2v) is 8.93. The lowest BCUT2D eigenvalue weighted by molar-refractivity contribution is -0.138. The highest BCUT2D eigenvalue weighted by Crippen LogP contribution is 2.28. The van der Waals surface area contributed by atoms with Crippen molar-refractivity contribution in [1.82, 2.24) is 20.2 Å². The summed E-state index contributed by atoms with van der Waals surface area (Å²) in [6.45, 7) is 0.457. The average molecular weight is 463 g/mol. The summed E-state index contributed by atoms with van der Waals surface area (Å²) in [5, 5.41) is 5.28. The number of amides is 2. The van der Waals surface area contributed by atoms with E-state index < -0.39 is 18.0 Å². The number of ether oxygens (including phenoxy) is 1. The molecule has 0 spiro atoms. The average Bonchev–Trinajstić information content (AvgIpc) is 3.58. The Bertz CT molecular complexity index is 1170. The molecule has 33 heavy (non-hydrogen) atoms. The first-order valence-corrected chi connectivity index (χ1v) is 11.6. The van der Waals surface area contributed by atoms with Gasteiger partial charge in [-0.1, -0.05) is 30.3 Å². The van der Waals surface area contributed by atoms with Crippen molar-refractivity contribution in [2.45, 2.75) is 31.0 Å². The molecule has 8 nitrogen and oxygen atoms in total. The predicted octanol–water partition coefficient (Wildman–Crippen LogP) is 2.12. The van der Waals surface area contributed by atoms with Crippen LogP contribution in [0.3, 0.4) is 0 Å². The molecule has 2 aliphatic rings. The molecule has 3 unspecified atom stereocenters. The van der Waals surface area contributed by atoms with Crippen molar-refractivity contribution in [2.24, 2.45) is 0 Å². The van der Waals surface area contributed by atoms with E-state index in [4.69, 9.17) is 4.74 Å². The molecule has 9 heteroatoms. The third-order valence-corrected chi connectivity index (χ3v) is 6.84. The lowest BCUT2D eigenvalue weighted by Crippen LogP contribution is -2.53. The number of fused-ring (bicyclic) bond motifs is 1. The van der Waals surface area contributed by atoms with E-state index in [1.165, 1.54) is 11.3 Å². The Morgan fingerprint density at radius 1 is 1.18 bits per heavy atom. The summed E-state index contributed by atoms with van der Waals surface area (Å²) in [4.78, 5) is 48.9. The zero-order valence-corrected chi connectivity index (χ0v) is 18.5. The van der Waals surface area contributed by atoms with Crippen molar-refractivity contribution >= 4 is 28.9 Å². The molecule has 0 aliphatic carbocycles. The predicted molar refractivity (Wildman–Crippen MR) is 122 cm³/mol. The second-order valence-electron chi connectivity index (χ2n) is 8.07. The zero-order chi connectivity index (χ0) is 22.8. The van der Waals surface area contributed by atoms with Gasteiger partial charge in [0.25, 0.3) is 5.91 Å². The summed E-state index contributed by atoms with van der Waals surface area (Å²) in [5.74, 6) is -0.803. The van der Waals surface area contributed by atoms with Gasteiger partial charge in [-0.05, 0) is 24.1 Å². The Morgan fingerprint density at radius 3 is 2.76 bits per heavy atom. The van der Waals surface area contributed by atoms with Crippen molar-refractivity contribution in [3.05, 3.63) is 71.5 Å². The van der Waals surface area contributed by atoms with Crippen LogP contribution in [0.2, 0.25) is 0 Å². The summed E-state index contributed by atoms with van der Waals surface area (Å²) in [6, 6.07) is 11.8. The zero-order valence-electron chi connectivity index (χ0n) is 17.7. The van der Waals surface area contributed by atoms with E-state index in [1.54, 1.807) is 34.8 Å². The van der Waals surface area contributed by atoms with Gasteiger partial charge in [0.2, 0.25) is 5.91 Å². The van der Waals surface area contributed by atoms with E-state index in [1.807, 2.05) is 30.3 Å². The highest BCUT2D eigenvalue weighted by atomic mass is 32.1. The fraction of sp³-hybridized carbons (Fsp3) is 0.292. The first-order valence-electron chi connectivity index (χ1n) is 10.8. The molecule has 2 amide bonds. The maximum absolute atomic E-state index is 13.5. The molecule has 3 atom stereocenters. The number of aromatic nitrogens is 2. The minimum Gasteiger partial charge on any atom is -0.368 e. The lowest BCUT2D eigenvalue weighted by Gasteiger charge is -2.27. The number of nitrogens with zero attached hydrogens (tertiary/aromatic N) is 3. The van der Waals surface area contributed by atoms with Crippen LogP contribution >= 0.6 is 11.3 Å². The molecule has 1 aromatic carbocycles. The van der Waals surface area contributed by atoms with Crippen LogP contribution in [0.4, 0.5) is 0 Å². The third-order valence-electron chi connectivity index (χ3n) is 5.95. The van der Waals surface area contributed by atoms with Crippen LogP contribution < -0.4 is 5.32 Å². The molecule has 2 aliphatic heterocycles. The van der Waals surface area contributed by atoms with Gasteiger partial charge >= 0.3 is 0 Å². The van der Waals surface area contributed by atoms with E-state index in [0.29, 0.717) is 13.0 Å². The fourth-order valence-corrected chi connectivity index (χ4v) is 5.13. The summed E-state index contributed by atoms with van der Waals surface area (Å²) in [5.41, 5.74) is 2.04. The Labute approximate surface area is 194 Å². The largest absolute Gasteiger partial charge is 0.368 e. The molecule has 0 radical (unpaired) electrons. The van der Waals surface area contributed by atoms with Crippen LogP contribution in [0, 0.1) is 0 Å². The number of ketones is 1. The molecule has 2 aromatic heterocycles. The number of carbonyl (C=O) groups is 3. The summed E-state index contributed by atoms with van der Waals surface area (Å²) in [6.07, 6.45) is 3.93. The smallest absolute Gasteiger partial charge is 0.271 e. The SMILES string of the molecule is O=C(NC(Cc1ccncc1)C(=O)N1CCC2OCC(=O)C21)c1csc(-c2ccccc2)n1. The minimum atomic E-state index is -0.839.